The summed E-state index contributed by atoms with van der Waals surface area (Å²) in [4.78, 5) is 14.8. The molecule has 4 rings (SSSR count). The fourth-order valence-corrected chi connectivity index (χ4v) is 3.93. The van der Waals surface area contributed by atoms with Crippen molar-refractivity contribution in [1.82, 2.24) is 15.4 Å². The molecule has 1 saturated heterocycles. The Morgan fingerprint density at radius 2 is 1.94 bits per heavy atom. The van der Waals surface area contributed by atoms with Gasteiger partial charge in [-0.25, -0.2) is 4.39 Å². The van der Waals surface area contributed by atoms with E-state index in [-0.39, 0.29) is 23.4 Å². The van der Waals surface area contributed by atoms with E-state index in [1.807, 2.05) is 36.4 Å². The highest BCUT2D eigenvalue weighted by molar-refractivity contribution is 5.91. The summed E-state index contributed by atoms with van der Waals surface area (Å²) in [6, 6.07) is 16.0. The third-order valence-electron chi connectivity index (χ3n) is 5.71. The number of hydrogen-bond donors (Lipinski definition) is 1. The van der Waals surface area contributed by atoms with Crippen molar-refractivity contribution in [2.24, 2.45) is 0 Å². The molecule has 1 N–H and O–H groups in total. The summed E-state index contributed by atoms with van der Waals surface area (Å²) >= 11 is 0. The second-order valence-corrected chi connectivity index (χ2v) is 7.79. The van der Waals surface area contributed by atoms with Crippen molar-refractivity contribution in [3.8, 4) is 5.75 Å². The first kappa shape index (κ1) is 21.1. The predicted octanol–water partition coefficient (Wildman–Crippen LogP) is 4.13. The summed E-state index contributed by atoms with van der Waals surface area (Å²) in [6.07, 6.45) is 1.88. The molecular weight excluding hydrogens is 397 g/mol. The van der Waals surface area contributed by atoms with Crippen LogP contribution in [-0.4, -0.2) is 36.2 Å². The molecule has 0 bridgehead atoms. The molecule has 0 atom stereocenters. The SMILES string of the molecule is COc1ccccc1CNC(=O)c1cc(C2CCN(Cc3ccc(F)cc3)CC2)no1. The second-order valence-electron chi connectivity index (χ2n) is 7.79. The van der Waals surface area contributed by atoms with Crippen molar-refractivity contribution in [3.05, 3.63) is 83.0 Å². The molecule has 162 valence electrons. The Morgan fingerprint density at radius 1 is 1.19 bits per heavy atom. The first-order chi connectivity index (χ1) is 15.1. The summed E-state index contributed by atoms with van der Waals surface area (Å²) in [5.41, 5.74) is 2.82. The average molecular weight is 423 g/mol. The summed E-state index contributed by atoms with van der Waals surface area (Å²) in [7, 11) is 1.61. The van der Waals surface area contributed by atoms with Gasteiger partial charge in [0, 0.05) is 30.6 Å². The first-order valence-corrected chi connectivity index (χ1v) is 10.5. The van der Waals surface area contributed by atoms with E-state index in [0.29, 0.717) is 6.54 Å². The number of nitrogens with zero attached hydrogens (tertiary/aromatic N) is 2. The van der Waals surface area contributed by atoms with Crippen LogP contribution in [0.1, 0.15) is 46.1 Å². The Balaban J connectivity index is 1.28. The standard InChI is InChI=1S/C24H26FN3O3/c1-30-22-5-3-2-4-19(22)15-26-24(29)23-14-21(27-31-23)18-10-12-28(13-11-18)16-17-6-8-20(25)9-7-17/h2-9,14,18H,10-13,15-16H2,1H3,(H,26,29). The van der Waals surface area contributed by atoms with Gasteiger partial charge in [-0.15, -0.1) is 0 Å². The number of halogens is 1. The van der Waals surface area contributed by atoms with Crippen molar-refractivity contribution in [3.63, 3.8) is 0 Å². The molecule has 2 aromatic carbocycles. The van der Waals surface area contributed by atoms with Crippen LogP contribution in [0.25, 0.3) is 0 Å². The lowest BCUT2D eigenvalue weighted by molar-refractivity contribution is 0.0913. The number of para-hydroxylation sites is 1. The lowest BCUT2D eigenvalue weighted by Crippen LogP contribution is -2.32. The Labute approximate surface area is 181 Å². The highest BCUT2D eigenvalue weighted by atomic mass is 19.1. The molecule has 1 amide bonds. The largest absolute Gasteiger partial charge is 0.496 e. The Kier molecular flexibility index (Phi) is 6.62. The van der Waals surface area contributed by atoms with E-state index in [2.05, 4.69) is 15.4 Å². The number of hydrogen-bond acceptors (Lipinski definition) is 5. The Bertz CT molecular complexity index is 1010. The van der Waals surface area contributed by atoms with Gasteiger partial charge in [0.2, 0.25) is 5.76 Å². The molecule has 7 heteroatoms. The number of carbonyl (C=O) groups is 1. The number of rotatable bonds is 7. The zero-order valence-corrected chi connectivity index (χ0v) is 17.5. The average Bonchev–Trinajstić information content (AvgIpc) is 3.30. The van der Waals surface area contributed by atoms with Crippen molar-refractivity contribution in [2.45, 2.75) is 31.8 Å². The van der Waals surface area contributed by atoms with Gasteiger partial charge in [-0.3, -0.25) is 9.69 Å². The van der Waals surface area contributed by atoms with Crippen LogP contribution >= 0.6 is 0 Å². The number of nitrogens with one attached hydrogen (secondary N) is 1. The number of amides is 1. The van der Waals surface area contributed by atoms with Gasteiger partial charge in [0.05, 0.1) is 12.8 Å². The fraction of sp³-hybridized carbons (Fsp3) is 0.333. The van der Waals surface area contributed by atoms with Crippen molar-refractivity contribution in [1.29, 1.82) is 0 Å². The number of likely N-dealkylation sites (tertiary alicyclic amines) is 1. The van der Waals surface area contributed by atoms with Crippen LogP contribution in [0.3, 0.4) is 0 Å². The normalized spacial score (nSPS) is 15.0. The van der Waals surface area contributed by atoms with Gasteiger partial charge >= 0.3 is 0 Å². The van der Waals surface area contributed by atoms with E-state index in [1.54, 1.807) is 13.2 Å². The number of aromatic nitrogens is 1. The summed E-state index contributed by atoms with van der Waals surface area (Å²) in [6.45, 7) is 3.00. The van der Waals surface area contributed by atoms with E-state index >= 15 is 0 Å². The zero-order valence-electron chi connectivity index (χ0n) is 17.5. The summed E-state index contributed by atoms with van der Waals surface area (Å²) < 4.78 is 23.7. The Morgan fingerprint density at radius 3 is 2.68 bits per heavy atom. The van der Waals surface area contributed by atoms with Crippen LogP contribution in [0, 0.1) is 5.82 Å². The maximum atomic E-state index is 13.1. The molecule has 31 heavy (non-hydrogen) atoms. The summed E-state index contributed by atoms with van der Waals surface area (Å²) in [5.74, 6) is 0.714. The lowest BCUT2D eigenvalue weighted by Gasteiger charge is -2.31. The van der Waals surface area contributed by atoms with Gasteiger partial charge in [-0.2, -0.15) is 0 Å². The molecule has 6 nitrogen and oxygen atoms in total. The molecule has 0 radical (unpaired) electrons. The van der Waals surface area contributed by atoms with Crippen LogP contribution in [0.15, 0.2) is 59.1 Å². The molecule has 0 spiro atoms. The third-order valence-corrected chi connectivity index (χ3v) is 5.71. The lowest BCUT2D eigenvalue weighted by atomic mass is 9.93. The van der Waals surface area contributed by atoms with E-state index in [0.717, 1.165) is 55.0 Å². The maximum absolute atomic E-state index is 13.1. The van der Waals surface area contributed by atoms with Crippen LogP contribution in [0.5, 0.6) is 5.75 Å². The Hall–Kier alpha value is -3.19. The quantitative estimate of drug-likeness (QED) is 0.619. The number of carbonyl (C=O) groups excluding carboxylic acids is 1. The molecule has 3 aromatic rings. The minimum atomic E-state index is -0.293. The topological polar surface area (TPSA) is 67.6 Å². The molecule has 1 aliphatic heterocycles. The van der Waals surface area contributed by atoms with Crippen molar-refractivity contribution >= 4 is 5.91 Å². The second kappa shape index (κ2) is 9.75. The molecule has 1 aliphatic rings. The van der Waals surface area contributed by atoms with Crippen molar-refractivity contribution < 1.29 is 18.4 Å². The van der Waals surface area contributed by atoms with Gasteiger partial charge in [0.15, 0.2) is 0 Å². The van der Waals surface area contributed by atoms with Gasteiger partial charge in [-0.05, 0) is 49.7 Å². The van der Waals surface area contributed by atoms with Crippen LogP contribution in [-0.2, 0) is 13.1 Å². The smallest absolute Gasteiger partial charge is 0.290 e. The van der Waals surface area contributed by atoms with E-state index in [9.17, 15) is 9.18 Å². The fourth-order valence-electron chi connectivity index (χ4n) is 3.93. The molecule has 0 saturated carbocycles. The third kappa shape index (κ3) is 5.30. The van der Waals surface area contributed by atoms with Crippen LogP contribution in [0.4, 0.5) is 4.39 Å². The van der Waals surface area contributed by atoms with Gasteiger partial charge < -0.3 is 14.6 Å². The molecule has 0 unspecified atom stereocenters. The number of methoxy groups -OCH3 is 1. The highest BCUT2D eigenvalue weighted by Crippen LogP contribution is 2.28. The minimum absolute atomic E-state index is 0.212. The van der Waals surface area contributed by atoms with E-state index in [1.165, 1.54) is 12.1 Å². The van der Waals surface area contributed by atoms with E-state index in [4.69, 9.17) is 9.26 Å². The molecule has 1 fully saturated rings. The predicted molar refractivity (Wildman–Crippen MR) is 114 cm³/mol. The first-order valence-electron chi connectivity index (χ1n) is 10.5. The summed E-state index contributed by atoms with van der Waals surface area (Å²) in [5, 5.41) is 7.00. The molecular formula is C24H26FN3O3. The molecule has 0 aliphatic carbocycles. The van der Waals surface area contributed by atoms with E-state index < -0.39 is 0 Å². The minimum Gasteiger partial charge on any atom is -0.496 e. The van der Waals surface area contributed by atoms with Crippen LogP contribution < -0.4 is 10.1 Å². The zero-order chi connectivity index (χ0) is 21.6. The van der Waals surface area contributed by atoms with Gasteiger partial charge in [0.25, 0.3) is 5.91 Å². The van der Waals surface area contributed by atoms with Crippen molar-refractivity contribution in [2.75, 3.05) is 20.2 Å². The molecule has 1 aromatic heterocycles. The van der Waals surface area contributed by atoms with Gasteiger partial charge in [-0.1, -0.05) is 35.5 Å². The number of benzene rings is 2. The monoisotopic (exact) mass is 423 g/mol. The maximum Gasteiger partial charge on any atom is 0.290 e. The van der Waals surface area contributed by atoms with Gasteiger partial charge in [0.1, 0.15) is 11.6 Å². The van der Waals surface area contributed by atoms with Crippen LogP contribution in [0.2, 0.25) is 0 Å². The highest BCUT2D eigenvalue weighted by Gasteiger charge is 2.25. The number of piperidine rings is 1. The number of ether oxygens (including phenoxy) is 1. The molecule has 2 heterocycles.